The maximum atomic E-state index is 9.33. The van der Waals surface area contributed by atoms with Crippen molar-refractivity contribution in [1.82, 2.24) is 0 Å². The van der Waals surface area contributed by atoms with E-state index < -0.39 is 5.54 Å². The minimum absolute atomic E-state index is 0.259. The number of hydrogen-bond donors (Lipinski definition) is 2. The topological polar surface area (TPSA) is 47.3 Å². The minimum atomic E-state index is -0.457. The first-order valence-electron chi connectivity index (χ1n) is 6.63. The summed E-state index contributed by atoms with van der Waals surface area (Å²) < 4.78 is 0. The predicted octanol–water partition coefficient (Wildman–Crippen LogP) is 4.25. The van der Waals surface area contributed by atoms with E-state index >= 15 is 0 Å². The highest BCUT2D eigenvalue weighted by Gasteiger charge is 2.22. The third-order valence-corrected chi connectivity index (χ3v) is 3.64. The molecule has 0 spiro atoms. The molecule has 4 heteroatoms. The molecule has 0 radical (unpaired) electrons. The van der Waals surface area contributed by atoms with Crippen molar-refractivity contribution in [3.8, 4) is 16.9 Å². The van der Waals surface area contributed by atoms with Gasteiger partial charge in [-0.1, -0.05) is 36.5 Å². The second-order valence-corrected chi connectivity index (χ2v) is 5.58. The molecule has 21 heavy (non-hydrogen) atoms. The standard InChI is InChI=1S/C17H18N2OS/c1-17(2,11-18)19(12-21)15-7-3-13(4-8-15)14-5-9-16(20)10-6-14/h3-12,18,20H,1-2H3. The van der Waals surface area contributed by atoms with Crippen LogP contribution < -0.4 is 4.90 Å². The molecular formula is C17H18N2OS. The van der Waals surface area contributed by atoms with Crippen LogP contribution in [0.5, 0.6) is 5.75 Å². The van der Waals surface area contributed by atoms with Crippen LogP contribution in [0.3, 0.4) is 0 Å². The average Bonchev–Trinajstić information content (AvgIpc) is 2.49. The highest BCUT2D eigenvalue weighted by Crippen LogP contribution is 2.27. The summed E-state index contributed by atoms with van der Waals surface area (Å²) in [6, 6.07) is 15.1. The van der Waals surface area contributed by atoms with Crippen LogP contribution in [0.15, 0.2) is 48.5 Å². The van der Waals surface area contributed by atoms with E-state index in [-0.39, 0.29) is 5.75 Å². The van der Waals surface area contributed by atoms with Gasteiger partial charge in [0.05, 0.1) is 11.0 Å². The van der Waals surface area contributed by atoms with Gasteiger partial charge >= 0.3 is 0 Å². The molecular weight excluding hydrogens is 280 g/mol. The van der Waals surface area contributed by atoms with Gasteiger partial charge in [-0.15, -0.1) is 0 Å². The van der Waals surface area contributed by atoms with E-state index in [1.807, 2.05) is 55.1 Å². The third-order valence-electron chi connectivity index (χ3n) is 3.43. The van der Waals surface area contributed by atoms with Crippen LogP contribution in [0.1, 0.15) is 13.8 Å². The number of thiocarbonyl (C=S) groups is 1. The van der Waals surface area contributed by atoms with Crippen molar-refractivity contribution in [2.24, 2.45) is 0 Å². The lowest BCUT2D eigenvalue weighted by Gasteiger charge is -2.33. The minimum Gasteiger partial charge on any atom is -0.508 e. The van der Waals surface area contributed by atoms with E-state index in [1.54, 1.807) is 17.6 Å². The van der Waals surface area contributed by atoms with E-state index in [1.165, 1.54) is 6.21 Å². The Morgan fingerprint density at radius 3 is 1.90 bits per heavy atom. The SMILES string of the molecule is CC(C)(C=N)N(C=S)c1ccc(-c2ccc(O)cc2)cc1. The van der Waals surface area contributed by atoms with Crippen LogP contribution in [0.4, 0.5) is 5.69 Å². The normalized spacial score (nSPS) is 11.0. The van der Waals surface area contributed by atoms with Crippen molar-refractivity contribution in [1.29, 1.82) is 5.41 Å². The zero-order valence-electron chi connectivity index (χ0n) is 12.1. The number of benzene rings is 2. The third kappa shape index (κ3) is 3.28. The molecule has 0 aliphatic rings. The first-order valence-corrected chi connectivity index (χ1v) is 7.11. The Hall–Kier alpha value is -2.20. The molecule has 0 bridgehead atoms. The predicted molar refractivity (Wildman–Crippen MR) is 92.5 cm³/mol. The molecule has 0 heterocycles. The molecule has 0 fully saturated rings. The molecule has 0 amide bonds. The number of phenols is 1. The Labute approximate surface area is 130 Å². The van der Waals surface area contributed by atoms with Gasteiger partial charge in [0.2, 0.25) is 0 Å². The fraction of sp³-hybridized carbons (Fsp3) is 0.176. The molecule has 2 N–H and O–H groups in total. The van der Waals surface area contributed by atoms with Gasteiger partial charge in [-0.25, -0.2) is 0 Å². The van der Waals surface area contributed by atoms with Crippen LogP contribution in [0.25, 0.3) is 11.1 Å². The highest BCUT2D eigenvalue weighted by atomic mass is 32.1. The molecule has 3 nitrogen and oxygen atoms in total. The fourth-order valence-electron chi connectivity index (χ4n) is 2.07. The zero-order chi connectivity index (χ0) is 15.5. The van der Waals surface area contributed by atoms with Crippen molar-refractivity contribution in [2.45, 2.75) is 19.4 Å². The summed E-state index contributed by atoms with van der Waals surface area (Å²) >= 11 is 5.08. The first kappa shape index (κ1) is 15.2. The number of nitrogens with one attached hydrogen (secondary N) is 1. The Bertz CT molecular complexity index is 633. The van der Waals surface area contributed by atoms with E-state index in [2.05, 4.69) is 0 Å². The average molecular weight is 298 g/mol. The van der Waals surface area contributed by atoms with Gasteiger partial charge in [0, 0.05) is 11.9 Å². The molecule has 0 atom stereocenters. The van der Waals surface area contributed by atoms with Gasteiger partial charge < -0.3 is 15.4 Å². The van der Waals surface area contributed by atoms with Crippen LogP contribution >= 0.6 is 12.2 Å². The van der Waals surface area contributed by atoms with Gasteiger partial charge in [-0.2, -0.15) is 0 Å². The summed E-state index contributed by atoms with van der Waals surface area (Å²) in [5.41, 5.74) is 4.17. The first-order chi connectivity index (χ1) is 9.97. The Kier molecular flexibility index (Phi) is 4.38. The monoisotopic (exact) mass is 298 g/mol. The lowest BCUT2D eigenvalue weighted by atomic mass is 10.0. The molecule has 0 saturated heterocycles. The van der Waals surface area contributed by atoms with Crippen LogP contribution in [-0.2, 0) is 0 Å². The number of nitrogens with zero attached hydrogens (tertiary/aromatic N) is 1. The number of rotatable bonds is 5. The quantitative estimate of drug-likeness (QED) is 0.641. The molecule has 108 valence electrons. The summed E-state index contributed by atoms with van der Waals surface area (Å²) in [5.74, 6) is 0.259. The fourth-order valence-corrected chi connectivity index (χ4v) is 2.46. The summed E-state index contributed by atoms with van der Waals surface area (Å²) in [5, 5.41) is 16.9. The van der Waals surface area contributed by atoms with E-state index in [9.17, 15) is 5.11 Å². The maximum absolute atomic E-state index is 9.33. The lowest BCUT2D eigenvalue weighted by molar-refractivity contribution is 0.475. The summed E-state index contributed by atoms with van der Waals surface area (Å²) in [6.07, 6.45) is 1.38. The van der Waals surface area contributed by atoms with Crippen LogP contribution in [-0.4, -0.2) is 22.4 Å². The number of phenolic OH excluding ortho intramolecular Hbond substituents is 1. The second kappa shape index (κ2) is 6.06. The largest absolute Gasteiger partial charge is 0.508 e. The van der Waals surface area contributed by atoms with Crippen molar-refractivity contribution < 1.29 is 5.11 Å². The Morgan fingerprint density at radius 2 is 1.48 bits per heavy atom. The molecule has 2 aromatic carbocycles. The molecule has 0 aromatic heterocycles. The Balaban J connectivity index is 2.32. The maximum Gasteiger partial charge on any atom is 0.115 e. The summed E-state index contributed by atoms with van der Waals surface area (Å²) in [4.78, 5) is 1.88. The molecule has 0 saturated carbocycles. The van der Waals surface area contributed by atoms with Gasteiger partial charge in [-0.3, -0.25) is 0 Å². The van der Waals surface area contributed by atoms with Crippen molar-refractivity contribution in [2.75, 3.05) is 4.90 Å². The van der Waals surface area contributed by atoms with Gasteiger partial charge in [0.25, 0.3) is 0 Å². The molecule has 0 aliphatic heterocycles. The van der Waals surface area contributed by atoms with E-state index in [4.69, 9.17) is 17.6 Å². The number of aromatic hydroxyl groups is 1. The number of anilines is 1. The second-order valence-electron chi connectivity index (χ2n) is 5.37. The van der Waals surface area contributed by atoms with Crippen molar-refractivity contribution in [3.05, 3.63) is 48.5 Å². The van der Waals surface area contributed by atoms with Gasteiger partial charge in [0.15, 0.2) is 0 Å². The van der Waals surface area contributed by atoms with Gasteiger partial charge in [0.1, 0.15) is 5.75 Å². The lowest BCUT2D eigenvalue weighted by Crippen LogP contribution is -2.44. The van der Waals surface area contributed by atoms with Crippen molar-refractivity contribution in [3.63, 3.8) is 0 Å². The highest BCUT2D eigenvalue weighted by molar-refractivity contribution is 7.79. The molecule has 2 rings (SSSR count). The zero-order valence-corrected chi connectivity index (χ0v) is 12.9. The van der Waals surface area contributed by atoms with E-state index in [0.717, 1.165) is 16.8 Å². The molecule has 0 unspecified atom stereocenters. The molecule has 2 aromatic rings. The van der Waals surface area contributed by atoms with Crippen LogP contribution in [0.2, 0.25) is 0 Å². The summed E-state index contributed by atoms with van der Waals surface area (Å²) in [7, 11) is 0. The molecule has 0 aliphatic carbocycles. The Morgan fingerprint density at radius 1 is 1.00 bits per heavy atom. The smallest absolute Gasteiger partial charge is 0.115 e. The van der Waals surface area contributed by atoms with Crippen molar-refractivity contribution >= 4 is 29.6 Å². The van der Waals surface area contributed by atoms with Crippen LogP contribution in [0, 0.1) is 5.41 Å². The van der Waals surface area contributed by atoms with E-state index in [0.29, 0.717) is 0 Å². The summed E-state index contributed by atoms with van der Waals surface area (Å²) in [6.45, 7) is 3.88. The van der Waals surface area contributed by atoms with Gasteiger partial charge in [-0.05, 0) is 49.2 Å². The number of hydrogen-bond acceptors (Lipinski definition) is 3.